The summed E-state index contributed by atoms with van der Waals surface area (Å²) in [4.78, 5) is 19.5. The Balaban J connectivity index is 1.37. The van der Waals surface area contributed by atoms with Gasteiger partial charge in [-0.3, -0.25) is 14.7 Å². The van der Waals surface area contributed by atoms with Crippen LogP contribution in [0.5, 0.6) is 5.75 Å². The van der Waals surface area contributed by atoms with Crippen molar-refractivity contribution in [2.75, 3.05) is 26.2 Å². The number of fused-ring (bicyclic) bond motifs is 1. The maximum atomic E-state index is 13.6. The number of nitriles is 1. The number of likely N-dealkylation sites (tertiary alicyclic amines) is 2. The van der Waals surface area contributed by atoms with Crippen LogP contribution in [0.3, 0.4) is 0 Å². The fourth-order valence-corrected chi connectivity index (χ4v) is 3.89. The fourth-order valence-electron chi connectivity index (χ4n) is 3.89. The number of amides is 1. The molecule has 2 aliphatic heterocycles. The highest BCUT2D eigenvalue weighted by atomic mass is 19.3. The number of ether oxygens (including phenoxy) is 1. The molecule has 2 aromatic rings. The van der Waals surface area contributed by atoms with Crippen molar-refractivity contribution >= 4 is 16.7 Å². The fraction of sp³-hybridized carbons (Fsp3) is 0.450. The van der Waals surface area contributed by atoms with Crippen LogP contribution in [-0.4, -0.2) is 64.9 Å². The Hall–Kier alpha value is -2.79. The second kappa shape index (κ2) is 7.32. The Kier molecular flexibility index (Phi) is 4.85. The lowest BCUT2D eigenvalue weighted by atomic mass is 10.1. The van der Waals surface area contributed by atoms with Crippen molar-refractivity contribution in [3.8, 4) is 11.8 Å². The van der Waals surface area contributed by atoms with E-state index in [9.17, 15) is 13.6 Å². The minimum atomic E-state index is -2.99. The van der Waals surface area contributed by atoms with Crippen LogP contribution in [0, 0.1) is 11.3 Å². The number of nitrogens with zero attached hydrogens (tertiary/aromatic N) is 4. The van der Waals surface area contributed by atoms with Gasteiger partial charge in [-0.25, -0.2) is 8.78 Å². The molecule has 2 saturated heterocycles. The summed E-state index contributed by atoms with van der Waals surface area (Å²) in [6.45, 7) is 0.522. The Morgan fingerprint density at radius 2 is 2.25 bits per heavy atom. The summed E-state index contributed by atoms with van der Waals surface area (Å²) in [5.41, 5.74) is 0. The number of halogens is 2. The number of aromatic nitrogens is 1. The highest BCUT2D eigenvalue weighted by molar-refractivity contribution is 5.87. The summed E-state index contributed by atoms with van der Waals surface area (Å²) in [6, 6.07) is 8.43. The molecule has 6 nitrogen and oxygen atoms in total. The second-order valence-corrected chi connectivity index (χ2v) is 7.34. The third kappa shape index (κ3) is 3.76. The van der Waals surface area contributed by atoms with Crippen LogP contribution in [0.4, 0.5) is 8.78 Å². The molecule has 0 unspecified atom stereocenters. The van der Waals surface area contributed by atoms with E-state index in [1.54, 1.807) is 12.4 Å². The zero-order chi connectivity index (χ0) is 19.7. The van der Waals surface area contributed by atoms with E-state index >= 15 is 0 Å². The number of carbonyl (C=O) groups excluding carboxylic acids is 1. The third-order valence-electron chi connectivity index (χ3n) is 5.26. The molecule has 2 aliphatic rings. The lowest BCUT2D eigenvalue weighted by Crippen LogP contribution is -2.42. The van der Waals surface area contributed by atoms with Gasteiger partial charge in [-0.1, -0.05) is 12.1 Å². The average molecular weight is 386 g/mol. The molecular formula is C20H20F2N4O2. The number of rotatable bonds is 4. The number of hydrogen-bond donors (Lipinski definition) is 0. The molecule has 2 atom stereocenters. The zero-order valence-electron chi connectivity index (χ0n) is 15.2. The molecule has 1 amide bonds. The van der Waals surface area contributed by atoms with Crippen molar-refractivity contribution in [1.29, 1.82) is 5.26 Å². The molecule has 28 heavy (non-hydrogen) atoms. The molecule has 0 N–H and O–H groups in total. The second-order valence-electron chi connectivity index (χ2n) is 7.34. The van der Waals surface area contributed by atoms with Crippen LogP contribution >= 0.6 is 0 Å². The normalized spacial score (nSPS) is 24.4. The summed E-state index contributed by atoms with van der Waals surface area (Å²) in [5.74, 6) is -2.65. The molecular weight excluding hydrogens is 366 g/mol. The van der Waals surface area contributed by atoms with Gasteiger partial charge in [0.25, 0.3) is 5.92 Å². The molecule has 4 rings (SSSR count). The first-order valence-electron chi connectivity index (χ1n) is 9.24. The molecule has 1 aromatic carbocycles. The third-order valence-corrected chi connectivity index (χ3v) is 5.26. The lowest BCUT2D eigenvalue weighted by Gasteiger charge is -2.23. The minimum absolute atomic E-state index is 0.0214. The van der Waals surface area contributed by atoms with E-state index in [1.807, 2.05) is 35.2 Å². The Bertz CT molecular complexity index is 925. The Morgan fingerprint density at radius 3 is 3.07 bits per heavy atom. The van der Waals surface area contributed by atoms with Gasteiger partial charge in [-0.15, -0.1) is 0 Å². The summed E-state index contributed by atoms with van der Waals surface area (Å²) in [5, 5.41) is 11.0. The smallest absolute Gasteiger partial charge is 0.268 e. The van der Waals surface area contributed by atoms with Crippen molar-refractivity contribution < 1.29 is 18.3 Å². The molecule has 0 spiro atoms. The molecule has 0 bridgehead atoms. The molecule has 3 heterocycles. The first kappa shape index (κ1) is 18.6. The van der Waals surface area contributed by atoms with E-state index in [0.29, 0.717) is 13.1 Å². The predicted octanol–water partition coefficient (Wildman–Crippen LogP) is 2.45. The minimum Gasteiger partial charge on any atom is -0.488 e. The molecule has 8 heteroatoms. The van der Waals surface area contributed by atoms with E-state index in [2.05, 4.69) is 4.98 Å². The van der Waals surface area contributed by atoms with Gasteiger partial charge in [-0.05, 0) is 18.6 Å². The van der Waals surface area contributed by atoms with E-state index in [1.165, 1.54) is 0 Å². The van der Waals surface area contributed by atoms with Gasteiger partial charge in [0, 0.05) is 42.7 Å². The van der Waals surface area contributed by atoms with Gasteiger partial charge in [0.05, 0.1) is 19.2 Å². The van der Waals surface area contributed by atoms with E-state index in [4.69, 9.17) is 10.00 Å². The first-order valence-corrected chi connectivity index (χ1v) is 9.24. The maximum absolute atomic E-state index is 13.6. The highest BCUT2D eigenvalue weighted by Crippen LogP contribution is 2.32. The van der Waals surface area contributed by atoms with E-state index in [-0.39, 0.29) is 12.6 Å². The SMILES string of the molecule is N#C[C@@H]1CC(F)(F)CN1C(=O)CN1CC[C@H](Oc2cccc3cnccc23)C1. The quantitative estimate of drug-likeness (QED) is 0.807. The number of carbonyl (C=O) groups is 1. The molecule has 146 valence electrons. The average Bonchev–Trinajstić information content (AvgIpc) is 3.25. The number of pyridine rings is 1. The zero-order valence-corrected chi connectivity index (χ0v) is 15.2. The van der Waals surface area contributed by atoms with Crippen LogP contribution in [0.2, 0.25) is 0 Å². The van der Waals surface area contributed by atoms with Crippen LogP contribution in [0.25, 0.3) is 10.8 Å². The van der Waals surface area contributed by atoms with Crippen molar-refractivity contribution in [3.05, 3.63) is 36.7 Å². The standard InChI is InChI=1S/C20H20F2N4O2/c21-20(22)8-15(9-23)26(13-20)19(27)12-25-7-5-16(11-25)28-18-3-1-2-14-10-24-6-4-17(14)18/h1-4,6,10,15-16H,5,7-8,11-13H2/t15-,16-/m0/s1. The first-order chi connectivity index (χ1) is 13.4. The van der Waals surface area contributed by atoms with Gasteiger partial charge in [0.1, 0.15) is 17.9 Å². The molecule has 0 radical (unpaired) electrons. The van der Waals surface area contributed by atoms with Crippen LogP contribution in [0.15, 0.2) is 36.7 Å². The summed E-state index contributed by atoms with van der Waals surface area (Å²) < 4.78 is 33.2. The summed E-state index contributed by atoms with van der Waals surface area (Å²) in [6.07, 6.45) is 3.56. The van der Waals surface area contributed by atoms with Gasteiger partial charge in [0.2, 0.25) is 5.91 Å². The van der Waals surface area contributed by atoms with Crippen molar-refractivity contribution in [1.82, 2.24) is 14.8 Å². The number of hydrogen-bond acceptors (Lipinski definition) is 5. The Morgan fingerprint density at radius 1 is 1.39 bits per heavy atom. The van der Waals surface area contributed by atoms with E-state index in [0.717, 1.165) is 27.8 Å². The van der Waals surface area contributed by atoms with Gasteiger partial charge in [0.15, 0.2) is 0 Å². The van der Waals surface area contributed by atoms with Crippen molar-refractivity contribution in [2.24, 2.45) is 0 Å². The highest BCUT2D eigenvalue weighted by Gasteiger charge is 2.47. The summed E-state index contributed by atoms with van der Waals surface area (Å²) >= 11 is 0. The topological polar surface area (TPSA) is 69.5 Å². The van der Waals surface area contributed by atoms with Crippen molar-refractivity contribution in [3.63, 3.8) is 0 Å². The van der Waals surface area contributed by atoms with Gasteiger partial charge < -0.3 is 9.64 Å². The number of alkyl halides is 2. The monoisotopic (exact) mass is 386 g/mol. The van der Waals surface area contributed by atoms with Gasteiger partial charge >= 0.3 is 0 Å². The molecule has 0 aliphatic carbocycles. The largest absolute Gasteiger partial charge is 0.488 e. The van der Waals surface area contributed by atoms with Gasteiger partial charge in [-0.2, -0.15) is 5.26 Å². The predicted molar refractivity (Wildman–Crippen MR) is 97.9 cm³/mol. The Labute approximate surface area is 161 Å². The molecule has 2 fully saturated rings. The van der Waals surface area contributed by atoms with Crippen LogP contribution in [-0.2, 0) is 4.79 Å². The van der Waals surface area contributed by atoms with E-state index < -0.39 is 30.8 Å². The molecule has 1 aromatic heterocycles. The van der Waals surface area contributed by atoms with Crippen molar-refractivity contribution in [2.45, 2.75) is 30.9 Å². The van der Waals surface area contributed by atoms with Crippen LogP contribution in [0.1, 0.15) is 12.8 Å². The molecule has 0 saturated carbocycles. The van der Waals surface area contributed by atoms with Crippen LogP contribution < -0.4 is 4.74 Å². The maximum Gasteiger partial charge on any atom is 0.268 e. The summed E-state index contributed by atoms with van der Waals surface area (Å²) in [7, 11) is 0. The lowest BCUT2D eigenvalue weighted by molar-refractivity contribution is -0.133. The number of benzene rings is 1.